The van der Waals surface area contributed by atoms with Gasteiger partial charge in [-0.15, -0.1) is 0 Å². The topological polar surface area (TPSA) is 76.1 Å². The Labute approximate surface area is 136 Å². The molecule has 0 saturated heterocycles. The van der Waals surface area contributed by atoms with E-state index in [4.69, 9.17) is 4.74 Å². The first kappa shape index (κ1) is 16.7. The fourth-order valence-electron chi connectivity index (χ4n) is 1.87. The number of aromatic nitrogens is 2. The Balaban J connectivity index is 1.99. The number of ether oxygens (including phenoxy) is 1. The van der Waals surface area contributed by atoms with E-state index >= 15 is 0 Å². The van der Waals surface area contributed by atoms with Gasteiger partial charge in [0.15, 0.2) is 0 Å². The molecule has 23 heavy (non-hydrogen) atoms. The SMILES string of the molecule is CC(C)NC(=O)c1cnc(Nc2ccc(OC(C)C)cc2)nc1. The van der Waals surface area contributed by atoms with Crippen LogP contribution in [0.4, 0.5) is 11.6 Å². The van der Waals surface area contributed by atoms with E-state index in [-0.39, 0.29) is 18.1 Å². The predicted octanol–water partition coefficient (Wildman–Crippen LogP) is 3.15. The number of amides is 1. The number of carbonyl (C=O) groups is 1. The molecule has 1 aromatic carbocycles. The molecule has 1 amide bonds. The molecule has 2 N–H and O–H groups in total. The van der Waals surface area contributed by atoms with E-state index in [0.717, 1.165) is 11.4 Å². The van der Waals surface area contributed by atoms with Crippen LogP contribution in [0.15, 0.2) is 36.7 Å². The van der Waals surface area contributed by atoms with Crippen molar-refractivity contribution in [2.45, 2.75) is 39.8 Å². The molecule has 122 valence electrons. The number of benzene rings is 1. The molecule has 0 aliphatic heterocycles. The zero-order valence-electron chi connectivity index (χ0n) is 13.8. The summed E-state index contributed by atoms with van der Waals surface area (Å²) in [6.45, 7) is 7.77. The van der Waals surface area contributed by atoms with Crippen LogP contribution in [0.3, 0.4) is 0 Å². The van der Waals surface area contributed by atoms with Gasteiger partial charge in [-0.2, -0.15) is 0 Å². The number of rotatable bonds is 6. The zero-order valence-corrected chi connectivity index (χ0v) is 13.8. The summed E-state index contributed by atoms with van der Waals surface area (Å²) < 4.78 is 5.59. The maximum atomic E-state index is 11.8. The minimum atomic E-state index is -0.179. The van der Waals surface area contributed by atoms with Gasteiger partial charge in [0.25, 0.3) is 5.91 Å². The van der Waals surface area contributed by atoms with Crippen molar-refractivity contribution in [1.82, 2.24) is 15.3 Å². The van der Waals surface area contributed by atoms with Gasteiger partial charge in [-0.1, -0.05) is 0 Å². The van der Waals surface area contributed by atoms with E-state index in [1.807, 2.05) is 52.0 Å². The number of hydrogen-bond acceptors (Lipinski definition) is 5. The quantitative estimate of drug-likeness (QED) is 0.856. The van der Waals surface area contributed by atoms with Gasteiger partial charge < -0.3 is 15.4 Å². The third-order valence-electron chi connectivity index (χ3n) is 2.82. The highest BCUT2D eigenvalue weighted by Gasteiger charge is 2.08. The lowest BCUT2D eigenvalue weighted by Gasteiger charge is -2.11. The lowest BCUT2D eigenvalue weighted by Crippen LogP contribution is -2.30. The van der Waals surface area contributed by atoms with Gasteiger partial charge in [0.1, 0.15) is 5.75 Å². The van der Waals surface area contributed by atoms with Crippen molar-refractivity contribution in [3.63, 3.8) is 0 Å². The van der Waals surface area contributed by atoms with Crippen molar-refractivity contribution in [1.29, 1.82) is 0 Å². The van der Waals surface area contributed by atoms with E-state index in [2.05, 4.69) is 20.6 Å². The first-order valence-corrected chi connectivity index (χ1v) is 7.60. The third kappa shape index (κ3) is 5.25. The Morgan fingerprint density at radius 2 is 1.65 bits per heavy atom. The van der Waals surface area contributed by atoms with Gasteiger partial charge in [-0.3, -0.25) is 4.79 Å². The smallest absolute Gasteiger partial charge is 0.254 e. The number of nitrogens with zero attached hydrogens (tertiary/aromatic N) is 2. The summed E-state index contributed by atoms with van der Waals surface area (Å²) in [6.07, 6.45) is 3.15. The molecule has 0 aliphatic carbocycles. The van der Waals surface area contributed by atoms with Crippen LogP contribution < -0.4 is 15.4 Å². The van der Waals surface area contributed by atoms with Crippen molar-refractivity contribution >= 4 is 17.5 Å². The van der Waals surface area contributed by atoms with Gasteiger partial charge in [0.05, 0.1) is 11.7 Å². The van der Waals surface area contributed by atoms with Crippen molar-refractivity contribution in [2.24, 2.45) is 0 Å². The molecule has 0 aliphatic rings. The molecule has 0 atom stereocenters. The number of carbonyl (C=O) groups excluding carboxylic acids is 1. The van der Waals surface area contributed by atoms with E-state index < -0.39 is 0 Å². The minimum absolute atomic E-state index is 0.0758. The highest BCUT2D eigenvalue weighted by atomic mass is 16.5. The third-order valence-corrected chi connectivity index (χ3v) is 2.82. The standard InChI is InChI=1S/C17H22N4O2/c1-11(2)20-16(22)13-9-18-17(19-10-13)21-14-5-7-15(8-6-14)23-12(3)4/h5-12H,1-4H3,(H,20,22)(H,18,19,21). The second kappa shape index (κ2) is 7.58. The maximum Gasteiger partial charge on any atom is 0.254 e. The van der Waals surface area contributed by atoms with Crippen LogP contribution in [-0.4, -0.2) is 28.0 Å². The molecule has 0 unspecified atom stereocenters. The summed E-state index contributed by atoms with van der Waals surface area (Å²) in [5, 5.41) is 5.88. The monoisotopic (exact) mass is 314 g/mol. The highest BCUT2D eigenvalue weighted by molar-refractivity contribution is 5.93. The lowest BCUT2D eigenvalue weighted by molar-refractivity contribution is 0.0942. The maximum absolute atomic E-state index is 11.8. The Bertz CT molecular complexity index is 637. The molecular formula is C17H22N4O2. The second-order valence-electron chi connectivity index (χ2n) is 5.74. The van der Waals surface area contributed by atoms with Crippen LogP contribution in [0.5, 0.6) is 5.75 Å². The Morgan fingerprint density at radius 1 is 1.04 bits per heavy atom. The van der Waals surface area contributed by atoms with Crippen LogP contribution in [0.2, 0.25) is 0 Å². The van der Waals surface area contributed by atoms with Gasteiger partial charge in [-0.05, 0) is 52.0 Å². The van der Waals surface area contributed by atoms with Gasteiger partial charge in [-0.25, -0.2) is 9.97 Å². The summed E-state index contributed by atoms with van der Waals surface area (Å²) in [7, 11) is 0. The fraction of sp³-hybridized carbons (Fsp3) is 0.353. The molecular weight excluding hydrogens is 292 g/mol. The average molecular weight is 314 g/mol. The van der Waals surface area contributed by atoms with Crippen LogP contribution in [0.25, 0.3) is 0 Å². The zero-order chi connectivity index (χ0) is 16.8. The molecule has 6 nitrogen and oxygen atoms in total. The molecule has 0 saturated carbocycles. The normalized spacial score (nSPS) is 10.7. The second-order valence-corrected chi connectivity index (χ2v) is 5.74. The molecule has 0 spiro atoms. The van der Waals surface area contributed by atoms with E-state index in [1.165, 1.54) is 12.4 Å². The average Bonchev–Trinajstić information content (AvgIpc) is 2.49. The van der Waals surface area contributed by atoms with Crippen LogP contribution in [0.1, 0.15) is 38.1 Å². The van der Waals surface area contributed by atoms with E-state index in [1.54, 1.807) is 0 Å². The number of hydrogen-bond donors (Lipinski definition) is 2. The van der Waals surface area contributed by atoms with Crippen LogP contribution >= 0.6 is 0 Å². The summed E-state index contributed by atoms with van der Waals surface area (Å²) >= 11 is 0. The molecule has 0 bridgehead atoms. The fourth-order valence-corrected chi connectivity index (χ4v) is 1.87. The van der Waals surface area contributed by atoms with Crippen LogP contribution in [-0.2, 0) is 0 Å². The van der Waals surface area contributed by atoms with Crippen molar-refractivity contribution in [3.05, 3.63) is 42.2 Å². The lowest BCUT2D eigenvalue weighted by atomic mass is 10.3. The van der Waals surface area contributed by atoms with E-state index in [0.29, 0.717) is 11.5 Å². The summed E-state index contributed by atoms with van der Waals surface area (Å²) in [6, 6.07) is 7.62. The van der Waals surface area contributed by atoms with Gasteiger partial charge in [0, 0.05) is 24.1 Å². The van der Waals surface area contributed by atoms with E-state index in [9.17, 15) is 4.79 Å². The first-order valence-electron chi connectivity index (χ1n) is 7.60. The molecule has 1 heterocycles. The van der Waals surface area contributed by atoms with Crippen molar-refractivity contribution in [2.75, 3.05) is 5.32 Å². The Hall–Kier alpha value is -2.63. The summed E-state index contributed by atoms with van der Waals surface area (Å²) in [5.41, 5.74) is 1.28. The molecule has 2 rings (SSSR count). The summed E-state index contributed by atoms with van der Waals surface area (Å²) in [4.78, 5) is 20.1. The predicted molar refractivity (Wildman–Crippen MR) is 90.1 cm³/mol. The van der Waals surface area contributed by atoms with Crippen molar-refractivity contribution < 1.29 is 9.53 Å². The minimum Gasteiger partial charge on any atom is -0.491 e. The Kier molecular flexibility index (Phi) is 5.51. The van der Waals surface area contributed by atoms with Gasteiger partial charge >= 0.3 is 0 Å². The van der Waals surface area contributed by atoms with Gasteiger partial charge in [0.2, 0.25) is 5.95 Å². The molecule has 2 aromatic rings. The van der Waals surface area contributed by atoms with Crippen molar-refractivity contribution in [3.8, 4) is 5.75 Å². The molecule has 1 aromatic heterocycles. The largest absolute Gasteiger partial charge is 0.491 e. The number of anilines is 2. The Morgan fingerprint density at radius 3 is 2.17 bits per heavy atom. The number of nitrogens with one attached hydrogen (secondary N) is 2. The molecule has 0 radical (unpaired) electrons. The first-order chi connectivity index (χ1) is 10.9. The molecule has 6 heteroatoms. The highest BCUT2D eigenvalue weighted by Crippen LogP contribution is 2.19. The molecule has 0 fully saturated rings. The summed E-state index contributed by atoms with van der Waals surface area (Å²) in [5.74, 6) is 1.07. The van der Waals surface area contributed by atoms with Crippen LogP contribution in [0, 0.1) is 0 Å².